The van der Waals surface area contributed by atoms with Crippen molar-refractivity contribution in [2.75, 3.05) is 0 Å². The maximum atomic E-state index is 12.1. The number of aryl methyl sites for hydroxylation is 1. The molecule has 1 saturated carbocycles. The average Bonchev–Trinajstić information content (AvgIpc) is 2.55. The summed E-state index contributed by atoms with van der Waals surface area (Å²) in [7, 11) is 0. The van der Waals surface area contributed by atoms with Crippen molar-refractivity contribution in [3.05, 3.63) is 33.7 Å². The first-order chi connectivity index (χ1) is 9.08. The highest BCUT2D eigenvalue weighted by Gasteiger charge is 2.23. The molecule has 1 aliphatic carbocycles. The molecule has 104 valence electrons. The molecule has 1 amide bonds. The van der Waals surface area contributed by atoms with E-state index >= 15 is 0 Å². The summed E-state index contributed by atoms with van der Waals surface area (Å²) in [5, 5.41) is 2.90. The number of aromatic nitrogens is 1. The molecular formula is C14H21N3O2. The summed E-state index contributed by atoms with van der Waals surface area (Å²) in [5.74, 6) is -0.330. The van der Waals surface area contributed by atoms with E-state index in [0.29, 0.717) is 0 Å². The van der Waals surface area contributed by atoms with Crippen LogP contribution in [-0.4, -0.2) is 23.0 Å². The van der Waals surface area contributed by atoms with Crippen LogP contribution in [0.1, 0.15) is 48.2 Å². The lowest BCUT2D eigenvalue weighted by molar-refractivity contribution is 0.0927. The molecule has 5 nitrogen and oxygen atoms in total. The zero-order valence-corrected chi connectivity index (χ0v) is 11.2. The summed E-state index contributed by atoms with van der Waals surface area (Å²) in [6.07, 6.45) is 5.15. The van der Waals surface area contributed by atoms with Crippen LogP contribution >= 0.6 is 0 Å². The zero-order chi connectivity index (χ0) is 13.8. The molecule has 0 spiro atoms. The second-order valence-corrected chi connectivity index (χ2v) is 5.27. The van der Waals surface area contributed by atoms with E-state index in [1.165, 1.54) is 0 Å². The monoisotopic (exact) mass is 263 g/mol. The van der Waals surface area contributed by atoms with Gasteiger partial charge in [0.2, 0.25) is 0 Å². The molecule has 1 aromatic heterocycles. The Morgan fingerprint density at radius 3 is 2.79 bits per heavy atom. The quantitative estimate of drug-likeness (QED) is 0.697. The normalized spacial score (nSPS) is 23.7. The van der Waals surface area contributed by atoms with E-state index in [0.717, 1.165) is 37.8 Å². The third kappa shape index (κ3) is 3.44. The predicted molar refractivity (Wildman–Crippen MR) is 74.1 cm³/mol. The van der Waals surface area contributed by atoms with Crippen LogP contribution in [0.15, 0.2) is 16.9 Å². The van der Waals surface area contributed by atoms with Crippen LogP contribution in [0.5, 0.6) is 0 Å². The topological polar surface area (TPSA) is 88.0 Å². The molecule has 0 aliphatic heterocycles. The van der Waals surface area contributed by atoms with Crippen molar-refractivity contribution in [2.45, 2.75) is 51.1 Å². The highest BCUT2D eigenvalue weighted by atomic mass is 16.2. The molecule has 2 unspecified atom stereocenters. The lowest BCUT2D eigenvalue weighted by Gasteiger charge is -2.22. The molecule has 4 N–H and O–H groups in total. The van der Waals surface area contributed by atoms with Gasteiger partial charge in [0, 0.05) is 17.8 Å². The number of nitrogens with one attached hydrogen (secondary N) is 2. The van der Waals surface area contributed by atoms with Crippen molar-refractivity contribution in [3.63, 3.8) is 0 Å². The maximum absolute atomic E-state index is 12.1. The Labute approximate surface area is 112 Å². The SMILES string of the molecule is Cc1ccc(C(=O)NC2CCCCCC2N)c(=O)[nH]1. The Bertz CT molecular complexity index is 510. The second kappa shape index (κ2) is 6.02. The van der Waals surface area contributed by atoms with E-state index in [4.69, 9.17) is 5.73 Å². The smallest absolute Gasteiger partial charge is 0.260 e. The van der Waals surface area contributed by atoms with Crippen LogP contribution in [0, 0.1) is 6.92 Å². The fraction of sp³-hybridized carbons (Fsp3) is 0.571. The standard InChI is InChI=1S/C14H21N3O2/c1-9-7-8-10(13(18)16-9)14(19)17-12-6-4-2-3-5-11(12)15/h7-8,11-12H,2-6,15H2,1H3,(H,16,18)(H,17,19). The van der Waals surface area contributed by atoms with E-state index in [2.05, 4.69) is 10.3 Å². The lowest BCUT2D eigenvalue weighted by Crippen LogP contribution is -2.47. The van der Waals surface area contributed by atoms with Crippen molar-refractivity contribution in [2.24, 2.45) is 5.73 Å². The van der Waals surface area contributed by atoms with Gasteiger partial charge in [0.05, 0.1) is 0 Å². The van der Waals surface area contributed by atoms with Crippen LogP contribution in [-0.2, 0) is 0 Å². The number of carbonyl (C=O) groups excluding carboxylic acids is 1. The number of carbonyl (C=O) groups is 1. The number of pyridine rings is 1. The van der Waals surface area contributed by atoms with Gasteiger partial charge in [-0.05, 0) is 31.9 Å². The molecule has 19 heavy (non-hydrogen) atoms. The number of nitrogens with two attached hydrogens (primary N) is 1. The van der Waals surface area contributed by atoms with Gasteiger partial charge in [0.25, 0.3) is 11.5 Å². The Morgan fingerprint density at radius 1 is 1.32 bits per heavy atom. The first kappa shape index (κ1) is 13.8. The van der Waals surface area contributed by atoms with Gasteiger partial charge in [-0.1, -0.05) is 19.3 Å². The fourth-order valence-electron chi connectivity index (χ4n) is 2.51. The second-order valence-electron chi connectivity index (χ2n) is 5.27. The molecule has 0 saturated heterocycles. The molecular weight excluding hydrogens is 242 g/mol. The number of rotatable bonds is 2. The number of hydrogen-bond acceptors (Lipinski definition) is 3. The summed E-state index contributed by atoms with van der Waals surface area (Å²) in [6, 6.07) is 3.24. The van der Waals surface area contributed by atoms with E-state index in [1.807, 2.05) is 0 Å². The van der Waals surface area contributed by atoms with E-state index in [9.17, 15) is 9.59 Å². The van der Waals surface area contributed by atoms with Gasteiger partial charge in [-0.3, -0.25) is 9.59 Å². The fourth-order valence-corrected chi connectivity index (χ4v) is 2.51. The Hall–Kier alpha value is -1.62. The molecule has 1 heterocycles. The third-order valence-electron chi connectivity index (χ3n) is 3.69. The first-order valence-corrected chi connectivity index (χ1v) is 6.84. The Kier molecular flexibility index (Phi) is 4.37. The molecule has 0 aromatic carbocycles. The van der Waals surface area contributed by atoms with Gasteiger partial charge in [-0.25, -0.2) is 0 Å². The molecule has 2 rings (SSSR count). The molecule has 1 aliphatic rings. The van der Waals surface area contributed by atoms with Gasteiger partial charge >= 0.3 is 0 Å². The van der Waals surface area contributed by atoms with Crippen LogP contribution in [0.25, 0.3) is 0 Å². The molecule has 2 atom stereocenters. The lowest BCUT2D eigenvalue weighted by atomic mass is 10.0. The van der Waals surface area contributed by atoms with Crippen molar-refractivity contribution < 1.29 is 4.79 Å². The first-order valence-electron chi connectivity index (χ1n) is 6.84. The summed E-state index contributed by atoms with van der Waals surface area (Å²) in [4.78, 5) is 26.5. The molecule has 5 heteroatoms. The van der Waals surface area contributed by atoms with Gasteiger partial charge in [-0.2, -0.15) is 0 Å². The van der Waals surface area contributed by atoms with Crippen LogP contribution in [0.2, 0.25) is 0 Å². The molecule has 0 radical (unpaired) electrons. The summed E-state index contributed by atoms with van der Waals surface area (Å²) in [6.45, 7) is 1.78. The van der Waals surface area contributed by atoms with E-state index in [-0.39, 0.29) is 29.1 Å². The number of aromatic amines is 1. The number of hydrogen-bond donors (Lipinski definition) is 3. The minimum absolute atomic E-state index is 0.0176. The Morgan fingerprint density at radius 2 is 2.05 bits per heavy atom. The minimum Gasteiger partial charge on any atom is -0.348 e. The van der Waals surface area contributed by atoms with Gasteiger partial charge in [0.15, 0.2) is 0 Å². The Balaban J connectivity index is 2.09. The van der Waals surface area contributed by atoms with Crippen LogP contribution < -0.4 is 16.6 Å². The largest absolute Gasteiger partial charge is 0.348 e. The van der Waals surface area contributed by atoms with Crippen molar-refractivity contribution >= 4 is 5.91 Å². The highest BCUT2D eigenvalue weighted by Crippen LogP contribution is 2.16. The van der Waals surface area contributed by atoms with Crippen molar-refractivity contribution in [3.8, 4) is 0 Å². The minimum atomic E-state index is -0.348. The van der Waals surface area contributed by atoms with Crippen molar-refractivity contribution in [1.29, 1.82) is 0 Å². The predicted octanol–water partition coefficient (Wildman–Crippen LogP) is 1.07. The van der Waals surface area contributed by atoms with Gasteiger partial charge < -0.3 is 16.0 Å². The van der Waals surface area contributed by atoms with E-state index < -0.39 is 0 Å². The van der Waals surface area contributed by atoms with E-state index in [1.54, 1.807) is 19.1 Å². The highest BCUT2D eigenvalue weighted by molar-refractivity contribution is 5.94. The summed E-state index contributed by atoms with van der Waals surface area (Å²) in [5.41, 5.74) is 6.62. The van der Waals surface area contributed by atoms with Gasteiger partial charge in [-0.15, -0.1) is 0 Å². The summed E-state index contributed by atoms with van der Waals surface area (Å²) >= 11 is 0. The molecule has 1 aromatic rings. The number of amides is 1. The summed E-state index contributed by atoms with van der Waals surface area (Å²) < 4.78 is 0. The molecule has 1 fully saturated rings. The number of H-pyrrole nitrogens is 1. The van der Waals surface area contributed by atoms with Gasteiger partial charge in [0.1, 0.15) is 5.56 Å². The third-order valence-corrected chi connectivity index (χ3v) is 3.69. The molecule has 0 bridgehead atoms. The average molecular weight is 263 g/mol. The van der Waals surface area contributed by atoms with Crippen LogP contribution in [0.4, 0.5) is 0 Å². The van der Waals surface area contributed by atoms with Crippen molar-refractivity contribution in [1.82, 2.24) is 10.3 Å². The zero-order valence-electron chi connectivity index (χ0n) is 11.2. The maximum Gasteiger partial charge on any atom is 0.260 e. The van der Waals surface area contributed by atoms with Crippen LogP contribution in [0.3, 0.4) is 0 Å².